The van der Waals surface area contributed by atoms with Crippen LogP contribution in [0.15, 0.2) is 29.6 Å². The summed E-state index contributed by atoms with van der Waals surface area (Å²) in [5.41, 5.74) is 7.80. The van der Waals surface area contributed by atoms with E-state index in [0.717, 1.165) is 35.0 Å². The number of thiazole rings is 1. The minimum Gasteiger partial charge on any atom is -0.327 e. The van der Waals surface area contributed by atoms with Crippen molar-refractivity contribution >= 4 is 56.2 Å². The van der Waals surface area contributed by atoms with Gasteiger partial charge in [0.1, 0.15) is 0 Å². The van der Waals surface area contributed by atoms with Crippen LogP contribution in [0.1, 0.15) is 27.3 Å². The summed E-state index contributed by atoms with van der Waals surface area (Å²) in [5, 5.41) is 6.52. The lowest BCUT2D eigenvalue weighted by molar-refractivity contribution is 0.102. The summed E-state index contributed by atoms with van der Waals surface area (Å²) in [6.07, 6.45) is 2.74. The van der Waals surface area contributed by atoms with Crippen LogP contribution in [-0.2, 0) is 12.8 Å². The van der Waals surface area contributed by atoms with Crippen LogP contribution in [0, 0.1) is 0 Å². The van der Waals surface area contributed by atoms with Gasteiger partial charge in [0.25, 0.3) is 5.91 Å². The van der Waals surface area contributed by atoms with Gasteiger partial charge in [0.2, 0.25) is 0 Å². The highest BCUT2D eigenvalue weighted by Crippen LogP contribution is 2.31. The first-order chi connectivity index (χ1) is 10.7. The predicted octanol–water partition coefficient (Wildman–Crippen LogP) is 3.85. The summed E-state index contributed by atoms with van der Waals surface area (Å²) >= 11 is 3.14. The Morgan fingerprint density at radius 3 is 3.04 bits per heavy atom. The minimum absolute atomic E-state index is 0. The molecule has 23 heavy (non-hydrogen) atoms. The average Bonchev–Trinajstić information content (AvgIpc) is 3.09. The topological polar surface area (TPSA) is 68.0 Å². The van der Waals surface area contributed by atoms with Crippen molar-refractivity contribution in [2.75, 3.05) is 5.32 Å². The van der Waals surface area contributed by atoms with Crippen molar-refractivity contribution < 1.29 is 4.79 Å². The van der Waals surface area contributed by atoms with Gasteiger partial charge in [0.15, 0.2) is 5.13 Å². The second-order valence-corrected chi connectivity index (χ2v) is 7.49. The van der Waals surface area contributed by atoms with Crippen LogP contribution >= 0.6 is 35.1 Å². The van der Waals surface area contributed by atoms with Gasteiger partial charge < -0.3 is 5.73 Å². The molecular formula is C16H16ClN3OS2. The number of aryl methyl sites for hydroxylation is 1. The van der Waals surface area contributed by atoms with Gasteiger partial charge in [-0.15, -0.1) is 35.1 Å². The summed E-state index contributed by atoms with van der Waals surface area (Å²) < 4.78 is 1.12. The summed E-state index contributed by atoms with van der Waals surface area (Å²) in [4.78, 5) is 18.3. The van der Waals surface area contributed by atoms with E-state index in [9.17, 15) is 4.79 Å². The minimum atomic E-state index is -0.0900. The van der Waals surface area contributed by atoms with Gasteiger partial charge in [-0.2, -0.15) is 0 Å². The second-order valence-electron chi connectivity index (χ2n) is 5.49. The average molecular weight is 366 g/mol. The van der Waals surface area contributed by atoms with Gasteiger partial charge >= 0.3 is 0 Å². The van der Waals surface area contributed by atoms with Gasteiger partial charge in [-0.25, -0.2) is 4.98 Å². The summed E-state index contributed by atoms with van der Waals surface area (Å²) in [7, 11) is 0. The van der Waals surface area contributed by atoms with E-state index in [-0.39, 0.29) is 24.4 Å². The highest BCUT2D eigenvalue weighted by Gasteiger charge is 2.21. The Kier molecular flexibility index (Phi) is 4.68. The van der Waals surface area contributed by atoms with E-state index < -0.39 is 0 Å². The summed E-state index contributed by atoms with van der Waals surface area (Å²) in [6, 6.07) is 8.17. The number of nitrogens with one attached hydrogen (secondary N) is 1. The molecule has 0 unspecified atom stereocenters. The molecule has 1 aromatic carbocycles. The van der Waals surface area contributed by atoms with Crippen LogP contribution < -0.4 is 11.1 Å². The maximum Gasteiger partial charge on any atom is 0.258 e. The number of aromatic nitrogens is 1. The number of nitrogens with zero attached hydrogens (tertiary/aromatic N) is 1. The summed E-state index contributed by atoms with van der Waals surface area (Å²) in [6.45, 7) is 0. The van der Waals surface area contributed by atoms with Crippen LogP contribution in [0.3, 0.4) is 0 Å². The number of nitrogens with two attached hydrogens (primary N) is 1. The highest BCUT2D eigenvalue weighted by molar-refractivity contribution is 7.17. The number of carbonyl (C=O) groups excluding carboxylic acids is 1. The molecule has 1 aliphatic rings. The number of hydrogen-bond acceptors (Lipinski definition) is 5. The van der Waals surface area contributed by atoms with Gasteiger partial charge in [-0.3, -0.25) is 10.1 Å². The molecule has 1 aliphatic carbocycles. The van der Waals surface area contributed by atoms with Crippen molar-refractivity contribution in [1.29, 1.82) is 0 Å². The zero-order valence-corrected chi connectivity index (χ0v) is 14.7. The number of anilines is 1. The van der Waals surface area contributed by atoms with Crippen LogP contribution in [0.25, 0.3) is 10.1 Å². The third-order valence-electron chi connectivity index (χ3n) is 3.92. The molecule has 0 bridgehead atoms. The Labute approximate surface area is 148 Å². The lowest BCUT2D eigenvalue weighted by atomic mass is 9.99. The van der Waals surface area contributed by atoms with Crippen molar-refractivity contribution in [2.45, 2.75) is 25.3 Å². The molecule has 2 heterocycles. The van der Waals surface area contributed by atoms with Crippen LogP contribution in [0.2, 0.25) is 0 Å². The van der Waals surface area contributed by atoms with E-state index in [1.165, 1.54) is 4.88 Å². The molecule has 0 fully saturated rings. The Morgan fingerprint density at radius 1 is 1.35 bits per heavy atom. The molecule has 7 heteroatoms. The molecule has 0 spiro atoms. The number of amides is 1. The predicted molar refractivity (Wildman–Crippen MR) is 99.1 cm³/mol. The molecule has 120 valence electrons. The van der Waals surface area contributed by atoms with Crippen molar-refractivity contribution in [3.63, 3.8) is 0 Å². The second kappa shape index (κ2) is 6.57. The van der Waals surface area contributed by atoms with E-state index in [2.05, 4.69) is 10.3 Å². The van der Waals surface area contributed by atoms with Crippen LogP contribution in [0.4, 0.5) is 5.13 Å². The smallest absolute Gasteiger partial charge is 0.258 e. The molecule has 1 atom stereocenters. The Hall–Kier alpha value is -1.47. The van der Waals surface area contributed by atoms with Gasteiger partial charge in [0, 0.05) is 26.4 Å². The van der Waals surface area contributed by atoms with E-state index >= 15 is 0 Å². The van der Waals surface area contributed by atoms with E-state index in [1.807, 2.05) is 29.6 Å². The van der Waals surface area contributed by atoms with E-state index in [1.54, 1.807) is 22.7 Å². The number of carbonyl (C=O) groups is 1. The van der Waals surface area contributed by atoms with E-state index in [0.29, 0.717) is 10.7 Å². The monoisotopic (exact) mass is 365 g/mol. The third kappa shape index (κ3) is 3.12. The van der Waals surface area contributed by atoms with Crippen molar-refractivity contribution in [3.8, 4) is 0 Å². The Balaban J connectivity index is 0.00000156. The molecule has 0 saturated carbocycles. The van der Waals surface area contributed by atoms with E-state index in [4.69, 9.17) is 5.73 Å². The molecule has 4 rings (SSSR count). The number of halogens is 1. The first-order valence-electron chi connectivity index (χ1n) is 7.22. The summed E-state index contributed by atoms with van der Waals surface area (Å²) in [5.74, 6) is -0.0900. The van der Waals surface area contributed by atoms with Crippen LogP contribution in [-0.4, -0.2) is 16.9 Å². The van der Waals surface area contributed by atoms with Gasteiger partial charge in [-0.05, 0) is 25.3 Å². The largest absolute Gasteiger partial charge is 0.327 e. The molecule has 3 N–H and O–H groups in total. The highest BCUT2D eigenvalue weighted by atomic mass is 35.5. The van der Waals surface area contributed by atoms with Gasteiger partial charge in [0.05, 0.1) is 11.3 Å². The molecule has 4 nitrogen and oxygen atoms in total. The van der Waals surface area contributed by atoms with Gasteiger partial charge in [-0.1, -0.05) is 18.2 Å². The number of thiophene rings is 1. The lowest BCUT2D eigenvalue weighted by Gasteiger charge is -2.15. The number of rotatable bonds is 2. The fourth-order valence-corrected chi connectivity index (χ4v) is 4.81. The van der Waals surface area contributed by atoms with Crippen LogP contribution in [0.5, 0.6) is 0 Å². The molecule has 1 amide bonds. The first kappa shape index (κ1) is 16.4. The fraction of sp³-hybridized carbons (Fsp3) is 0.250. The number of benzene rings is 1. The third-order valence-corrected chi connectivity index (χ3v) is 5.92. The molecule has 0 saturated heterocycles. The molecular weight excluding hydrogens is 350 g/mol. The maximum absolute atomic E-state index is 12.5. The zero-order valence-electron chi connectivity index (χ0n) is 12.2. The molecule has 0 radical (unpaired) electrons. The van der Waals surface area contributed by atoms with Crippen molar-refractivity contribution in [1.82, 2.24) is 4.98 Å². The quantitative estimate of drug-likeness (QED) is 0.724. The molecule has 0 aliphatic heterocycles. The first-order valence-corrected chi connectivity index (χ1v) is 8.92. The maximum atomic E-state index is 12.5. The SMILES string of the molecule is Cl.N[C@H]1CCc2nc(NC(=O)c3csc4ccccc34)sc2C1. The van der Waals surface area contributed by atoms with Crippen molar-refractivity contribution in [2.24, 2.45) is 5.73 Å². The zero-order chi connectivity index (χ0) is 15.1. The number of fused-ring (bicyclic) bond motifs is 2. The molecule has 2 aromatic heterocycles. The normalized spacial score (nSPS) is 16.7. The van der Waals surface area contributed by atoms with Crippen molar-refractivity contribution in [3.05, 3.63) is 45.8 Å². The Morgan fingerprint density at radius 2 is 2.17 bits per heavy atom. The standard InChI is InChI=1S/C16H15N3OS2.ClH/c17-9-5-6-12-14(7-9)22-16(18-12)19-15(20)11-8-21-13-4-2-1-3-10(11)13;/h1-4,8-9H,5-7,17H2,(H,18,19,20);1H/t9-;/m0./s1. The number of hydrogen-bond donors (Lipinski definition) is 2. The lowest BCUT2D eigenvalue weighted by Crippen LogP contribution is -2.27. The fourth-order valence-electron chi connectivity index (χ4n) is 2.77. The Bertz CT molecular complexity index is 858. The molecule has 3 aromatic rings.